The molecule has 0 bridgehead atoms. The van der Waals surface area contributed by atoms with Gasteiger partial charge in [0, 0.05) is 11.6 Å². The van der Waals surface area contributed by atoms with E-state index in [2.05, 4.69) is 0 Å². The first-order chi connectivity index (χ1) is 6.65. The van der Waals surface area contributed by atoms with E-state index in [0.717, 1.165) is 0 Å². The largest absolute Gasteiger partial charge is 0.478 e. The molecule has 0 aliphatic heterocycles. The summed E-state index contributed by atoms with van der Waals surface area (Å²) in [5, 5.41) is 8.33. The van der Waals surface area contributed by atoms with E-state index < -0.39 is 0 Å². The molecule has 0 spiro atoms. The maximum absolute atomic E-state index is 12.9. The van der Waals surface area contributed by atoms with E-state index in [4.69, 9.17) is 15.7 Å². The van der Waals surface area contributed by atoms with E-state index in [1.807, 2.05) is 6.07 Å². The van der Waals surface area contributed by atoms with Crippen molar-refractivity contribution in [2.75, 3.05) is 6.61 Å². The number of rotatable bonds is 3. The first-order valence-corrected chi connectivity index (χ1v) is 4.20. The molecule has 14 heavy (non-hydrogen) atoms. The Morgan fingerprint density at radius 2 is 2.36 bits per heavy atom. The van der Waals surface area contributed by atoms with Gasteiger partial charge >= 0.3 is 0 Å². The van der Waals surface area contributed by atoms with Gasteiger partial charge in [0.05, 0.1) is 0 Å². The highest BCUT2D eigenvalue weighted by molar-refractivity contribution is 5.36. The maximum Gasteiger partial charge on any atom is 0.174 e. The number of hydrogen-bond donors (Lipinski definition) is 1. The molecule has 0 aromatic heterocycles. The van der Waals surface area contributed by atoms with Crippen molar-refractivity contribution >= 4 is 0 Å². The fourth-order valence-electron chi connectivity index (χ4n) is 1.12. The van der Waals surface area contributed by atoms with Crippen molar-refractivity contribution in [1.82, 2.24) is 0 Å². The number of ether oxygens (including phenoxy) is 1. The average Bonchev–Trinajstić information content (AvgIpc) is 2.15. The van der Waals surface area contributed by atoms with Crippen LogP contribution in [0.2, 0.25) is 0 Å². The van der Waals surface area contributed by atoms with Gasteiger partial charge in [0.15, 0.2) is 6.61 Å². The third-order valence-electron chi connectivity index (χ3n) is 1.75. The summed E-state index contributed by atoms with van der Waals surface area (Å²) in [6, 6.07) is 5.59. The summed E-state index contributed by atoms with van der Waals surface area (Å²) >= 11 is 0. The topological polar surface area (TPSA) is 59.0 Å². The molecular formula is C10H11FN2O. The summed E-state index contributed by atoms with van der Waals surface area (Å²) in [5.74, 6) is 0.101. The van der Waals surface area contributed by atoms with Gasteiger partial charge in [0.25, 0.3) is 0 Å². The lowest BCUT2D eigenvalue weighted by atomic mass is 10.1. The van der Waals surface area contributed by atoms with Gasteiger partial charge in [-0.3, -0.25) is 0 Å². The number of hydrogen-bond acceptors (Lipinski definition) is 3. The second-order valence-electron chi connectivity index (χ2n) is 2.92. The van der Waals surface area contributed by atoms with Crippen LogP contribution in [0.4, 0.5) is 4.39 Å². The monoisotopic (exact) mass is 194 g/mol. The zero-order chi connectivity index (χ0) is 10.6. The molecule has 0 heterocycles. The Bertz CT molecular complexity index is 358. The van der Waals surface area contributed by atoms with Crippen molar-refractivity contribution < 1.29 is 9.13 Å². The third kappa shape index (κ3) is 2.44. The van der Waals surface area contributed by atoms with Gasteiger partial charge in [-0.1, -0.05) is 0 Å². The molecule has 0 fully saturated rings. The molecule has 0 amide bonds. The van der Waals surface area contributed by atoms with E-state index in [1.54, 1.807) is 6.92 Å². The Labute approximate surface area is 81.9 Å². The molecule has 1 atom stereocenters. The summed E-state index contributed by atoms with van der Waals surface area (Å²) in [6.45, 7) is 1.67. The maximum atomic E-state index is 12.9. The zero-order valence-corrected chi connectivity index (χ0v) is 7.83. The summed E-state index contributed by atoms with van der Waals surface area (Å²) in [4.78, 5) is 0. The Hall–Kier alpha value is -1.60. The van der Waals surface area contributed by atoms with Gasteiger partial charge in [-0.05, 0) is 25.1 Å². The first kappa shape index (κ1) is 10.5. The molecule has 0 saturated heterocycles. The van der Waals surface area contributed by atoms with Gasteiger partial charge in [-0.25, -0.2) is 4.39 Å². The highest BCUT2D eigenvalue weighted by Crippen LogP contribution is 2.24. The molecule has 4 heteroatoms. The average molecular weight is 194 g/mol. The molecule has 2 N–H and O–H groups in total. The predicted molar refractivity (Wildman–Crippen MR) is 50.1 cm³/mol. The van der Waals surface area contributed by atoms with E-state index >= 15 is 0 Å². The van der Waals surface area contributed by atoms with Crippen LogP contribution in [0.5, 0.6) is 5.75 Å². The molecule has 0 radical (unpaired) electrons. The van der Waals surface area contributed by atoms with E-state index in [1.165, 1.54) is 18.2 Å². The highest BCUT2D eigenvalue weighted by atomic mass is 19.1. The number of halogens is 1. The molecule has 3 nitrogen and oxygen atoms in total. The van der Waals surface area contributed by atoms with Gasteiger partial charge in [0.1, 0.15) is 17.6 Å². The van der Waals surface area contributed by atoms with E-state index in [9.17, 15) is 4.39 Å². The Balaban J connectivity index is 2.97. The van der Waals surface area contributed by atoms with Crippen LogP contribution in [-0.2, 0) is 0 Å². The van der Waals surface area contributed by atoms with Crippen LogP contribution in [0.15, 0.2) is 18.2 Å². The lowest BCUT2D eigenvalue weighted by Gasteiger charge is -2.11. The van der Waals surface area contributed by atoms with Crippen LogP contribution < -0.4 is 10.5 Å². The van der Waals surface area contributed by atoms with Crippen molar-refractivity contribution in [3.05, 3.63) is 29.6 Å². The van der Waals surface area contributed by atoms with Crippen molar-refractivity contribution in [1.29, 1.82) is 5.26 Å². The second-order valence-corrected chi connectivity index (χ2v) is 2.92. The zero-order valence-electron chi connectivity index (χ0n) is 7.83. The molecular weight excluding hydrogens is 183 g/mol. The van der Waals surface area contributed by atoms with Crippen molar-refractivity contribution in [3.63, 3.8) is 0 Å². The van der Waals surface area contributed by atoms with E-state index in [0.29, 0.717) is 11.3 Å². The van der Waals surface area contributed by atoms with Crippen LogP contribution in [0.25, 0.3) is 0 Å². The van der Waals surface area contributed by atoms with Gasteiger partial charge in [0.2, 0.25) is 0 Å². The first-order valence-electron chi connectivity index (χ1n) is 4.20. The third-order valence-corrected chi connectivity index (χ3v) is 1.75. The summed E-state index contributed by atoms with van der Waals surface area (Å²) in [6.07, 6.45) is 0. The number of nitrogens with two attached hydrogens (primary N) is 1. The van der Waals surface area contributed by atoms with Gasteiger partial charge in [-0.2, -0.15) is 5.26 Å². The molecule has 1 rings (SSSR count). The highest BCUT2D eigenvalue weighted by Gasteiger charge is 2.09. The van der Waals surface area contributed by atoms with Crippen molar-refractivity contribution in [2.24, 2.45) is 5.73 Å². The molecule has 0 aliphatic carbocycles. The Morgan fingerprint density at radius 1 is 1.64 bits per heavy atom. The molecule has 1 unspecified atom stereocenters. The fourth-order valence-corrected chi connectivity index (χ4v) is 1.12. The van der Waals surface area contributed by atoms with Crippen LogP contribution in [-0.4, -0.2) is 6.61 Å². The standard InChI is InChI=1S/C10H11FN2O/c1-7(13)9-6-8(11)2-3-10(9)14-5-4-12/h2-3,6-7H,5,13H2,1H3. The molecule has 0 aliphatic rings. The Kier molecular flexibility index (Phi) is 3.43. The number of benzene rings is 1. The predicted octanol–water partition coefficient (Wildman–Crippen LogP) is 1.75. The fraction of sp³-hybridized carbons (Fsp3) is 0.300. The Morgan fingerprint density at radius 3 is 2.93 bits per heavy atom. The van der Waals surface area contributed by atoms with Crippen LogP contribution in [0.3, 0.4) is 0 Å². The minimum Gasteiger partial charge on any atom is -0.478 e. The quantitative estimate of drug-likeness (QED) is 0.797. The van der Waals surface area contributed by atoms with Crippen LogP contribution >= 0.6 is 0 Å². The smallest absolute Gasteiger partial charge is 0.174 e. The minimum absolute atomic E-state index is 0.0641. The lowest BCUT2D eigenvalue weighted by molar-refractivity contribution is 0.361. The molecule has 74 valence electrons. The summed E-state index contributed by atoms with van der Waals surface area (Å²) in [7, 11) is 0. The summed E-state index contributed by atoms with van der Waals surface area (Å²) < 4.78 is 17.9. The van der Waals surface area contributed by atoms with Crippen LogP contribution in [0, 0.1) is 17.1 Å². The van der Waals surface area contributed by atoms with E-state index in [-0.39, 0.29) is 18.5 Å². The molecule has 1 aromatic carbocycles. The van der Waals surface area contributed by atoms with Crippen molar-refractivity contribution in [2.45, 2.75) is 13.0 Å². The SMILES string of the molecule is CC(N)c1cc(F)ccc1OCC#N. The van der Waals surface area contributed by atoms with Crippen LogP contribution in [0.1, 0.15) is 18.5 Å². The molecule has 1 aromatic rings. The molecule has 0 saturated carbocycles. The normalized spacial score (nSPS) is 11.9. The second kappa shape index (κ2) is 4.58. The van der Waals surface area contributed by atoms with Crippen molar-refractivity contribution in [3.8, 4) is 11.8 Å². The van der Waals surface area contributed by atoms with Gasteiger partial charge in [-0.15, -0.1) is 0 Å². The number of nitrogens with zero attached hydrogens (tertiary/aromatic N) is 1. The number of nitriles is 1. The summed E-state index contributed by atoms with van der Waals surface area (Å²) in [5.41, 5.74) is 6.20. The lowest BCUT2D eigenvalue weighted by Crippen LogP contribution is -2.08. The minimum atomic E-state index is -0.360. The van der Waals surface area contributed by atoms with Gasteiger partial charge < -0.3 is 10.5 Å².